The van der Waals surface area contributed by atoms with E-state index in [1.54, 1.807) is 31.2 Å². The van der Waals surface area contributed by atoms with Gasteiger partial charge in [0.05, 0.1) is 11.6 Å². The number of hydrogen-bond donors (Lipinski definition) is 3. The fourth-order valence-electron chi connectivity index (χ4n) is 3.14. The number of phenols is 1. The zero-order valence-corrected chi connectivity index (χ0v) is 21.5. The van der Waals surface area contributed by atoms with Crippen LogP contribution in [0.4, 0.5) is 11.4 Å². The number of rotatable bonds is 9. The van der Waals surface area contributed by atoms with E-state index >= 15 is 0 Å². The number of benzene rings is 3. The molecule has 0 atom stereocenters. The molecule has 3 aromatic rings. The first-order valence-corrected chi connectivity index (χ1v) is 11.8. The Hall–Kier alpha value is -4.19. The Labute approximate surface area is 224 Å². The number of nitrogens with one attached hydrogen (secondary N) is 2. The molecule has 0 heterocycles. The highest BCUT2D eigenvalue weighted by atomic mass is 35.5. The molecule has 3 N–H and O–H groups in total. The monoisotopic (exact) mass is 539 g/mol. The number of aromatic hydroxyl groups is 1. The molecule has 0 saturated heterocycles. The van der Waals surface area contributed by atoms with Crippen LogP contribution >= 0.6 is 23.2 Å². The van der Waals surface area contributed by atoms with Gasteiger partial charge in [0.25, 0.3) is 11.8 Å². The third kappa shape index (κ3) is 7.64. The quantitative estimate of drug-likeness (QED) is 0.175. The van der Waals surface area contributed by atoms with E-state index in [1.165, 1.54) is 36.4 Å². The third-order valence-electron chi connectivity index (χ3n) is 4.94. The summed E-state index contributed by atoms with van der Waals surface area (Å²) in [5.41, 5.74) is 2.05. The van der Waals surface area contributed by atoms with Crippen LogP contribution in [0.15, 0.2) is 60.2 Å². The Kier molecular flexibility index (Phi) is 9.39. The van der Waals surface area contributed by atoms with E-state index in [2.05, 4.69) is 10.6 Å². The second-order valence-electron chi connectivity index (χ2n) is 7.73. The molecule has 0 aliphatic heterocycles. The smallest absolute Gasteiger partial charge is 0.266 e. The summed E-state index contributed by atoms with van der Waals surface area (Å²) in [5.74, 6) is -0.643. The molecule has 0 saturated carbocycles. The zero-order valence-electron chi connectivity index (χ0n) is 20.0. The van der Waals surface area contributed by atoms with E-state index in [0.717, 1.165) is 5.56 Å². The fourth-order valence-corrected chi connectivity index (χ4v) is 3.59. The normalized spacial score (nSPS) is 10.8. The van der Waals surface area contributed by atoms with Crippen molar-refractivity contribution in [1.29, 1.82) is 5.26 Å². The molecular weight excluding hydrogens is 517 g/mol. The second-order valence-corrected chi connectivity index (χ2v) is 8.55. The van der Waals surface area contributed by atoms with E-state index in [4.69, 9.17) is 32.7 Å². The highest BCUT2D eigenvalue weighted by Crippen LogP contribution is 2.37. The predicted molar refractivity (Wildman–Crippen MR) is 143 cm³/mol. The summed E-state index contributed by atoms with van der Waals surface area (Å²) < 4.78 is 11.3. The predicted octanol–water partition coefficient (Wildman–Crippen LogP) is 5.97. The molecule has 0 bridgehead atoms. The van der Waals surface area contributed by atoms with Gasteiger partial charge in [-0.2, -0.15) is 5.26 Å². The summed E-state index contributed by atoms with van der Waals surface area (Å²) in [6.07, 6.45) is 1.35. The van der Waals surface area contributed by atoms with Crippen molar-refractivity contribution < 1.29 is 24.2 Å². The highest BCUT2D eigenvalue weighted by Gasteiger charge is 2.16. The minimum atomic E-state index is -0.643. The minimum Gasteiger partial charge on any atom is -0.508 e. The molecule has 10 heteroatoms. The lowest BCUT2D eigenvalue weighted by Crippen LogP contribution is -2.20. The summed E-state index contributed by atoms with van der Waals surface area (Å²) in [4.78, 5) is 24.9. The Morgan fingerprint density at radius 1 is 1.00 bits per heavy atom. The standard InChI is InChI=1S/C27H23Cl2N3O5/c1-3-36-24-12-17(10-18(14-30)27(35)32-19-6-8-21(33)9-7-19)11-23(29)26(24)37-15-25(34)31-20-5-4-16(2)22(28)13-20/h4-13,33H,3,15H2,1-2H3,(H,31,34)(H,32,35)/b18-10+. The SMILES string of the molecule is CCOc1cc(/C=C(\C#N)C(=O)Nc2ccc(O)cc2)cc(Cl)c1OCC(=O)Nc1ccc(C)c(Cl)c1. The molecule has 0 aliphatic carbocycles. The number of amides is 2. The maximum absolute atomic E-state index is 12.6. The van der Waals surface area contributed by atoms with Crippen LogP contribution in [0.2, 0.25) is 10.0 Å². The number of nitrogens with zero attached hydrogens (tertiary/aromatic N) is 1. The number of phenolic OH excluding ortho intramolecular Hbond substituents is 1. The zero-order chi connectivity index (χ0) is 26.9. The minimum absolute atomic E-state index is 0.0477. The lowest BCUT2D eigenvalue weighted by atomic mass is 10.1. The average molecular weight is 540 g/mol. The molecule has 37 heavy (non-hydrogen) atoms. The van der Waals surface area contributed by atoms with Gasteiger partial charge in [0.2, 0.25) is 0 Å². The van der Waals surface area contributed by atoms with E-state index in [9.17, 15) is 20.0 Å². The van der Waals surface area contributed by atoms with Gasteiger partial charge in [0, 0.05) is 16.4 Å². The lowest BCUT2D eigenvalue weighted by molar-refractivity contribution is -0.118. The Balaban J connectivity index is 1.76. The summed E-state index contributed by atoms with van der Waals surface area (Å²) >= 11 is 12.5. The van der Waals surface area contributed by atoms with Crippen molar-refractivity contribution in [2.45, 2.75) is 13.8 Å². The molecule has 0 radical (unpaired) electrons. The Morgan fingerprint density at radius 2 is 1.70 bits per heavy atom. The van der Waals surface area contributed by atoms with Crippen LogP contribution in [0.25, 0.3) is 6.08 Å². The molecule has 0 aromatic heterocycles. The molecular formula is C27H23Cl2N3O5. The molecule has 3 aromatic carbocycles. The maximum atomic E-state index is 12.6. The molecule has 0 fully saturated rings. The number of carbonyl (C=O) groups is 2. The Bertz CT molecular complexity index is 1380. The lowest BCUT2D eigenvalue weighted by Gasteiger charge is -2.15. The van der Waals surface area contributed by atoms with Crippen molar-refractivity contribution in [3.05, 3.63) is 81.3 Å². The molecule has 190 valence electrons. The van der Waals surface area contributed by atoms with Crippen molar-refractivity contribution in [3.63, 3.8) is 0 Å². The van der Waals surface area contributed by atoms with Gasteiger partial charge in [-0.1, -0.05) is 29.3 Å². The van der Waals surface area contributed by atoms with Crippen LogP contribution in [0.5, 0.6) is 17.2 Å². The number of aryl methyl sites for hydroxylation is 1. The third-order valence-corrected chi connectivity index (χ3v) is 5.62. The van der Waals surface area contributed by atoms with Gasteiger partial charge < -0.3 is 25.2 Å². The number of nitriles is 1. The van der Waals surface area contributed by atoms with Crippen LogP contribution in [-0.4, -0.2) is 30.1 Å². The summed E-state index contributed by atoms with van der Waals surface area (Å²) in [5, 5.41) is 24.8. The number of anilines is 2. The number of halogens is 2. The van der Waals surface area contributed by atoms with Crippen molar-refractivity contribution in [2.24, 2.45) is 0 Å². The molecule has 0 spiro atoms. The van der Waals surface area contributed by atoms with Crippen molar-refractivity contribution >= 4 is 52.5 Å². The van der Waals surface area contributed by atoms with Crippen LogP contribution in [0, 0.1) is 18.3 Å². The molecule has 2 amide bonds. The molecule has 8 nitrogen and oxygen atoms in total. The van der Waals surface area contributed by atoms with Gasteiger partial charge in [-0.25, -0.2) is 0 Å². The topological polar surface area (TPSA) is 121 Å². The van der Waals surface area contributed by atoms with Crippen molar-refractivity contribution in [3.8, 4) is 23.3 Å². The molecule has 0 aliphatic rings. The van der Waals surface area contributed by atoms with Crippen LogP contribution in [-0.2, 0) is 9.59 Å². The summed E-state index contributed by atoms with van der Waals surface area (Å²) in [7, 11) is 0. The molecule has 3 rings (SSSR count). The highest BCUT2D eigenvalue weighted by molar-refractivity contribution is 6.32. The van der Waals surface area contributed by atoms with Gasteiger partial charge in [0.1, 0.15) is 17.4 Å². The largest absolute Gasteiger partial charge is 0.508 e. The van der Waals surface area contributed by atoms with Crippen LogP contribution in [0.3, 0.4) is 0 Å². The first-order chi connectivity index (χ1) is 17.7. The van der Waals surface area contributed by atoms with E-state index < -0.39 is 11.8 Å². The van der Waals surface area contributed by atoms with E-state index in [1.807, 2.05) is 13.0 Å². The fraction of sp³-hybridized carbons (Fsp3) is 0.148. The van der Waals surface area contributed by atoms with Crippen molar-refractivity contribution in [2.75, 3.05) is 23.8 Å². The summed E-state index contributed by atoms with van der Waals surface area (Å²) in [6, 6.07) is 15.9. The van der Waals surface area contributed by atoms with Gasteiger partial charge in [-0.05, 0) is 79.6 Å². The van der Waals surface area contributed by atoms with E-state index in [0.29, 0.717) is 22.0 Å². The maximum Gasteiger partial charge on any atom is 0.266 e. The van der Waals surface area contributed by atoms with Crippen LogP contribution in [0.1, 0.15) is 18.1 Å². The number of ether oxygens (including phenoxy) is 2. The molecule has 0 unspecified atom stereocenters. The van der Waals surface area contributed by atoms with Gasteiger partial charge in [-0.3, -0.25) is 9.59 Å². The number of hydrogen-bond acceptors (Lipinski definition) is 6. The van der Waals surface area contributed by atoms with E-state index in [-0.39, 0.29) is 41.1 Å². The summed E-state index contributed by atoms with van der Waals surface area (Å²) in [6.45, 7) is 3.55. The average Bonchev–Trinajstić information content (AvgIpc) is 2.85. The second kappa shape index (κ2) is 12.7. The van der Waals surface area contributed by atoms with Crippen molar-refractivity contribution in [1.82, 2.24) is 0 Å². The van der Waals surface area contributed by atoms with Gasteiger partial charge >= 0.3 is 0 Å². The van der Waals surface area contributed by atoms with Gasteiger partial charge in [0.15, 0.2) is 18.1 Å². The number of carbonyl (C=O) groups excluding carboxylic acids is 2. The van der Waals surface area contributed by atoms with Gasteiger partial charge in [-0.15, -0.1) is 0 Å². The Morgan fingerprint density at radius 3 is 2.35 bits per heavy atom. The van der Waals surface area contributed by atoms with Crippen LogP contribution < -0.4 is 20.1 Å². The first-order valence-electron chi connectivity index (χ1n) is 11.1. The first kappa shape index (κ1) is 27.4.